The third-order valence-corrected chi connectivity index (χ3v) is 5.22. The molecule has 4 nitrogen and oxygen atoms in total. The fourth-order valence-electron chi connectivity index (χ4n) is 4.01. The number of aromatic nitrogens is 1. The third kappa shape index (κ3) is 2.71. The van der Waals surface area contributed by atoms with Gasteiger partial charge in [0.05, 0.1) is 5.02 Å². The molecule has 1 aromatic heterocycles. The van der Waals surface area contributed by atoms with Crippen molar-refractivity contribution in [3.63, 3.8) is 0 Å². The Balaban J connectivity index is 1.80. The predicted molar refractivity (Wildman–Crippen MR) is 84.8 cm³/mol. The minimum atomic E-state index is 0.134. The first-order valence-corrected chi connectivity index (χ1v) is 8.36. The van der Waals surface area contributed by atoms with Crippen LogP contribution in [0.2, 0.25) is 5.02 Å². The maximum atomic E-state index is 12.9. The van der Waals surface area contributed by atoms with Gasteiger partial charge in [0.1, 0.15) is 5.69 Å². The van der Waals surface area contributed by atoms with Gasteiger partial charge in [0.15, 0.2) is 0 Å². The van der Waals surface area contributed by atoms with Crippen LogP contribution >= 0.6 is 11.6 Å². The molecule has 2 aliphatic heterocycles. The lowest BCUT2D eigenvalue weighted by atomic mass is 10.0. The van der Waals surface area contributed by atoms with Crippen molar-refractivity contribution in [2.24, 2.45) is 7.05 Å². The lowest BCUT2D eigenvalue weighted by Gasteiger charge is -2.34. The number of rotatable bonds is 3. The van der Waals surface area contributed by atoms with Crippen LogP contribution in [0.3, 0.4) is 0 Å². The first-order valence-electron chi connectivity index (χ1n) is 7.98. The summed E-state index contributed by atoms with van der Waals surface area (Å²) in [6.07, 6.45) is 6.52. The highest BCUT2D eigenvalue weighted by Gasteiger charge is 2.39. The highest BCUT2D eigenvalue weighted by atomic mass is 35.5. The Kier molecular flexibility index (Phi) is 4.27. The Morgan fingerprint density at radius 2 is 2.00 bits per heavy atom. The van der Waals surface area contributed by atoms with E-state index in [-0.39, 0.29) is 5.91 Å². The Labute approximate surface area is 131 Å². The molecule has 0 unspecified atom stereocenters. The second kappa shape index (κ2) is 6.01. The topological polar surface area (TPSA) is 28.5 Å². The zero-order valence-corrected chi connectivity index (χ0v) is 13.6. The maximum absolute atomic E-state index is 12.9. The van der Waals surface area contributed by atoms with E-state index in [4.69, 9.17) is 11.6 Å². The van der Waals surface area contributed by atoms with E-state index < -0.39 is 0 Å². The molecule has 0 bridgehead atoms. The normalized spacial score (nSPS) is 26.7. The number of carbonyl (C=O) groups excluding carboxylic acids is 1. The van der Waals surface area contributed by atoms with Crippen molar-refractivity contribution in [3.05, 3.63) is 23.0 Å². The number of likely N-dealkylation sites (tertiary alicyclic amines) is 2. The van der Waals surface area contributed by atoms with E-state index in [1.165, 1.54) is 19.4 Å². The quantitative estimate of drug-likeness (QED) is 0.859. The zero-order valence-electron chi connectivity index (χ0n) is 12.9. The van der Waals surface area contributed by atoms with Crippen LogP contribution in [0.15, 0.2) is 12.3 Å². The summed E-state index contributed by atoms with van der Waals surface area (Å²) in [6, 6.07) is 2.69. The second-order valence-corrected chi connectivity index (χ2v) is 6.64. The smallest absolute Gasteiger partial charge is 0.270 e. The van der Waals surface area contributed by atoms with Crippen LogP contribution in [0.5, 0.6) is 0 Å². The molecule has 5 heteroatoms. The van der Waals surface area contributed by atoms with E-state index in [0.717, 1.165) is 25.9 Å². The summed E-state index contributed by atoms with van der Waals surface area (Å²) in [6.45, 7) is 5.35. The van der Waals surface area contributed by atoms with Gasteiger partial charge in [0, 0.05) is 31.9 Å². The SMILES string of the molecule is CCN1CCC[C@@H]1[C@@H]1CCCN1C(=O)c1cc(Cl)cn1C. The molecular formula is C16H24ClN3O. The van der Waals surface area contributed by atoms with E-state index in [2.05, 4.69) is 16.7 Å². The molecule has 21 heavy (non-hydrogen) atoms. The number of aryl methyl sites for hydroxylation is 1. The molecular weight excluding hydrogens is 286 g/mol. The van der Waals surface area contributed by atoms with Gasteiger partial charge in [-0.15, -0.1) is 0 Å². The van der Waals surface area contributed by atoms with Crippen molar-refractivity contribution >= 4 is 17.5 Å². The summed E-state index contributed by atoms with van der Waals surface area (Å²) < 4.78 is 1.84. The summed E-state index contributed by atoms with van der Waals surface area (Å²) in [4.78, 5) is 17.5. The molecule has 0 radical (unpaired) electrons. The molecule has 0 N–H and O–H groups in total. The molecule has 1 aromatic rings. The average molecular weight is 310 g/mol. The molecule has 2 atom stereocenters. The summed E-state index contributed by atoms with van der Waals surface area (Å²) >= 11 is 6.03. The van der Waals surface area contributed by atoms with Crippen molar-refractivity contribution in [2.75, 3.05) is 19.6 Å². The standard InChI is InChI=1S/C16H24ClN3O/c1-3-19-8-4-6-13(19)14-7-5-9-20(14)16(21)15-10-12(17)11-18(15)2/h10-11,13-14H,3-9H2,1-2H3/t13-,14+/m1/s1. The van der Waals surface area contributed by atoms with Crippen LogP contribution < -0.4 is 0 Å². The van der Waals surface area contributed by atoms with Gasteiger partial charge in [-0.1, -0.05) is 18.5 Å². The monoisotopic (exact) mass is 309 g/mol. The number of carbonyl (C=O) groups is 1. The van der Waals surface area contributed by atoms with E-state index in [9.17, 15) is 4.79 Å². The predicted octanol–water partition coefficient (Wildman–Crippen LogP) is 2.77. The van der Waals surface area contributed by atoms with E-state index in [0.29, 0.717) is 22.8 Å². The molecule has 0 aromatic carbocycles. The number of likely N-dealkylation sites (N-methyl/N-ethyl adjacent to an activating group) is 1. The van der Waals surface area contributed by atoms with Crippen LogP contribution in [0.4, 0.5) is 0 Å². The third-order valence-electron chi connectivity index (χ3n) is 5.02. The Morgan fingerprint density at radius 1 is 1.29 bits per heavy atom. The summed E-state index contributed by atoms with van der Waals surface area (Å²) in [5.74, 6) is 0.134. The van der Waals surface area contributed by atoms with Gasteiger partial charge in [0.25, 0.3) is 5.91 Å². The van der Waals surface area contributed by atoms with Crippen LogP contribution in [0.25, 0.3) is 0 Å². The molecule has 3 heterocycles. The van der Waals surface area contributed by atoms with Crippen LogP contribution in [0, 0.1) is 0 Å². The van der Waals surface area contributed by atoms with E-state index in [1.54, 1.807) is 12.3 Å². The fourth-order valence-corrected chi connectivity index (χ4v) is 4.26. The number of hydrogen-bond acceptors (Lipinski definition) is 2. The highest BCUT2D eigenvalue weighted by Crippen LogP contribution is 2.31. The number of hydrogen-bond donors (Lipinski definition) is 0. The summed E-state index contributed by atoms with van der Waals surface area (Å²) in [7, 11) is 1.89. The average Bonchev–Trinajstić information content (AvgIpc) is 3.15. The Morgan fingerprint density at radius 3 is 2.67 bits per heavy atom. The van der Waals surface area contributed by atoms with Crippen LogP contribution in [-0.4, -0.2) is 52.0 Å². The second-order valence-electron chi connectivity index (χ2n) is 6.20. The number of halogens is 1. The van der Waals surface area contributed by atoms with Gasteiger partial charge < -0.3 is 9.47 Å². The van der Waals surface area contributed by atoms with Crippen LogP contribution in [0.1, 0.15) is 43.1 Å². The number of nitrogens with zero attached hydrogens (tertiary/aromatic N) is 3. The number of amides is 1. The van der Waals surface area contributed by atoms with Crippen molar-refractivity contribution in [3.8, 4) is 0 Å². The molecule has 2 saturated heterocycles. The molecule has 2 aliphatic rings. The Bertz CT molecular complexity index is 528. The lowest BCUT2D eigenvalue weighted by Crippen LogP contribution is -2.48. The highest BCUT2D eigenvalue weighted by molar-refractivity contribution is 6.31. The minimum absolute atomic E-state index is 0.134. The van der Waals surface area contributed by atoms with Crippen molar-refractivity contribution in [2.45, 2.75) is 44.7 Å². The van der Waals surface area contributed by atoms with Gasteiger partial charge in [0.2, 0.25) is 0 Å². The van der Waals surface area contributed by atoms with Gasteiger partial charge >= 0.3 is 0 Å². The Hall–Kier alpha value is -1.00. The fraction of sp³-hybridized carbons (Fsp3) is 0.688. The van der Waals surface area contributed by atoms with Crippen LogP contribution in [-0.2, 0) is 7.05 Å². The van der Waals surface area contributed by atoms with Gasteiger partial charge in [-0.2, -0.15) is 0 Å². The molecule has 116 valence electrons. The molecule has 0 saturated carbocycles. The molecule has 2 fully saturated rings. The molecule has 0 spiro atoms. The zero-order chi connectivity index (χ0) is 15.0. The first kappa shape index (κ1) is 14.9. The summed E-state index contributed by atoms with van der Waals surface area (Å²) in [5.41, 5.74) is 0.702. The van der Waals surface area contributed by atoms with Gasteiger partial charge in [-0.25, -0.2) is 0 Å². The van der Waals surface area contributed by atoms with Gasteiger partial charge in [-0.05, 0) is 44.8 Å². The lowest BCUT2D eigenvalue weighted by molar-refractivity contribution is 0.0640. The minimum Gasteiger partial charge on any atom is -0.345 e. The van der Waals surface area contributed by atoms with E-state index in [1.807, 2.05) is 11.6 Å². The molecule has 0 aliphatic carbocycles. The van der Waals surface area contributed by atoms with E-state index >= 15 is 0 Å². The van der Waals surface area contributed by atoms with Gasteiger partial charge in [-0.3, -0.25) is 9.69 Å². The van der Waals surface area contributed by atoms with Crippen molar-refractivity contribution in [1.82, 2.24) is 14.4 Å². The first-order chi connectivity index (χ1) is 10.1. The van der Waals surface area contributed by atoms with Crippen molar-refractivity contribution < 1.29 is 4.79 Å². The largest absolute Gasteiger partial charge is 0.345 e. The molecule has 3 rings (SSSR count). The van der Waals surface area contributed by atoms with Crippen molar-refractivity contribution in [1.29, 1.82) is 0 Å². The molecule has 1 amide bonds. The summed E-state index contributed by atoms with van der Waals surface area (Å²) in [5, 5.41) is 0.632. The maximum Gasteiger partial charge on any atom is 0.270 e.